The summed E-state index contributed by atoms with van der Waals surface area (Å²) in [5.74, 6) is -2.83. The molecule has 0 unspecified atom stereocenters. The lowest BCUT2D eigenvalue weighted by Crippen LogP contribution is -2.00. The minimum absolute atomic E-state index is 0.0142. The van der Waals surface area contributed by atoms with Gasteiger partial charge in [0.15, 0.2) is 5.75 Å². The first-order valence-corrected chi connectivity index (χ1v) is 11.9. The fourth-order valence-corrected chi connectivity index (χ4v) is 4.19. The van der Waals surface area contributed by atoms with Crippen LogP contribution in [0.5, 0.6) is 5.75 Å². The van der Waals surface area contributed by atoms with Crippen molar-refractivity contribution in [1.29, 1.82) is 0 Å². The molecule has 3 aromatic carbocycles. The summed E-state index contributed by atoms with van der Waals surface area (Å²) in [5, 5.41) is 37.0. The molecule has 0 aliphatic rings. The Balaban J connectivity index is 1.71. The van der Waals surface area contributed by atoms with Gasteiger partial charge in [0.2, 0.25) is 0 Å². The number of hydrogen-bond acceptors (Lipinski definition) is 8. The van der Waals surface area contributed by atoms with Crippen molar-refractivity contribution in [3.63, 3.8) is 0 Å². The molecule has 1 heterocycles. The Hall–Kier alpha value is -4.94. The number of benzene rings is 3. The molecular formula is C25H17N3O8S. The Morgan fingerprint density at radius 3 is 2.38 bits per heavy atom. The fraction of sp³-hybridized carbons (Fsp3) is 0. The van der Waals surface area contributed by atoms with Crippen LogP contribution in [-0.2, 0) is 10.1 Å². The van der Waals surface area contributed by atoms with Crippen molar-refractivity contribution in [1.82, 2.24) is 4.98 Å². The van der Waals surface area contributed by atoms with Crippen LogP contribution in [0.15, 0.2) is 82.0 Å². The predicted molar refractivity (Wildman–Crippen MR) is 133 cm³/mol. The molecule has 12 heteroatoms. The first kappa shape index (κ1) is 25.2. The summed E-state index contributed by atoms with van der Waals surface area (Å²) in [5.41, 5.74) is 0.457. The summed E-state index contributed by atoms with van der Waals surface area (Å²) in [7, 11) is -4.68. The van der Waals surface area contributed by atoms with E-state index in [0.717, 1.165) is 6.07 Å². The molecule has 4 rings (SSSR count). The van der Waals surface area contributed by atoms with Crippen molar-refractivity contribution in [2.24, 2.45) is 10.2 Å². The standard InChI is InChI=1S/C25H17N3O8S/c29-23-20(13-21(37(34,35)36)18-5-2-10-26-22(18)23)28-27-17-9-8-15(19(12-17)25(32)33)7-6-14-3-1-4-16(11-14)24(30)31/h1-13,29H,(H,30,31)(H,32,33)(H,34,35,36)/b7-6+,28-27?. The van der Waals surface area contributed by atoms with Crippen molar-refractivity contribution in [2.75, 3.05) is 0 Å². The normalized spacial score (nSPS) is 11.9. The summed E-state index contributed by atoms with van der Waals surface area (Å²) in [6.45, 7) is 0. The minimum Gasteiger partial charge on any atom is -0.504 e. The summed E-state index contributed by atoms with van der Waals surface area (Å²) in [6, 6.07) is 14.0. The topological polar surface area (TPSA) is 187 Å². The van der Waals surface area contributed by atoms with Crippen LogP contribution in [0.3, 0.4) is 0 Å². The minimum atomic E-state index is -4.68. The Bertz CT molecular complexity index is 1730. The zero-order valence-electron chi connectivity index (χ0n) is 18.7. The van der Waals surface area contributed by atoms with Gasteiger partial charge in [0, 0.05) is 11.6 Å². The molecule has 0 aliphatic heterocycles. The number of aromatic hydroxyl groups is 1. The molecule has 37 heavy (non-hydrogen) atoms. The number of rotatable bonds is 7. The van der Waals surface area contributed by atoms with Gasteiger partial charge < -0.3 is 15.3 Å². The van der Waals surface area contributed by atoms with E-state index in [1.54, 1.807) is 18.2 Å². The van der Waals surface area contributed by atoms with Crippen LogP contribution in [-0.4, -0.2) is 45.2 Å². The number of azo groups is 1. The molecule has 0 atom stereocenters. The molecule has 0 fully saturated rings. The molecule has 0 amide bonds. The van der Waals surface area contributed by atoms with Gasteiger partial charge in [0.25, 0.3) is 10.1 Å². The molecule has 11 nitrogen and oxygen atoms in total. The van der Waals surface area contributed by atoms with E-state index in [2.05, 4.69) is 15.2 Å². The summed E-state index contributed by atoms with van der Waals surface area (Å²) < 4.78 is 33.2. The van der Waals surface area contributed by atoms with Crippen molar-refractivity contribution < 1.29 is 37.9 Å². The quantitative estimate of drug-likeness (QED) is 0.145. The summed E-state index contributed by atoms with van der Waals surface area (Å²) in [4.78, 5) is 26.4. The van der Waals surface area contributed by atoms with E-state index < -0.39 is 32.7 Å². The number of hydrogen-bond donors (Lipinski definition) is 4. The van der Waals surface area contributed by atoms with Gasteiger partial charge in [-0.2, -0.15) is 13.5 Å². The number of carboxylic acid groups (broad SMARTS) is 2. The van der Waals surface area contributed by atoms with Crippen molar-refractivity contribution in [3.8, 4) is 5.75 Å². The SMILES string of the molecule is O=C(O)c1cccc(/C=C/c2ccc(N=Nc3cc(S(=O)(=O)O)c4cccnc4c3O)cc2C(=O)O)c1. The molecule has 186 valence electrons. The molecule has 0 saturated carbocycles. The van der Waals surface area contributed by atoms with E-state index in [9.17, 15) is 32.8 Å². The van der Waals surface area contributed by atoms with E-state index in [-0.39, 0.29) is 33.4 Å². The van der Waals surface area contributed by atoms with Gasteiger partial charge in [0.05, 0.1) is 16.8 Å². The first-order chi connectivity index (χ1) is 17.5. The highest BCUT2D eigenvalue weighted by atomic mass is 32.2. The number of pyridine rings is 1. The molecule has 0 spiro atoms. The van der Waals surface area contributed by atoms with E-state index in [1.165, 1.54) is 54.7 Å². The highest BCUT2D eigenvalue weighted by Gasteiger charge is 2.20. The van der Waals surface area contributed by atoms with Gasteiger partial charge in [-0.15, -0.1) is 5.11 Å². The molecule has 4 aromatic rings. The second kappa shape index (κ2) is 9.97. The van der Waals surface area contributed by atoms with Crippen LogP contribution < -0.4 is 0 Å². The van der Waals surface area contributed by atoms with Gasteiger partial charge in [-0.05, 0) is 53.6 Å². The number of nitrogens with zero attached hydrogens (tertiary/aromatic N) is 3. The van der Waals surface area contributed by atoms with E-state index in [4.69, 9.17) is 5.11 Å². The fourth-order valence-electron chi connectivity index (χ4n) is 3.48. The number of aromatic carboxylic acids is 2. The lowest BCUT2D eigenvalue weighted by Gasteiger charge is -2.07. The lowest BCUT2D eigenvalue weighted by atomic mass is 10.0. The number of fused-ring (bicyclic) bond motifs is 1. The zero-order valence-corrected chi connectivity index (χ0v) is 19.5. The number of phenols is 1. The van der Waals surface area contributed by atoms with Crippen LogP contribution in [0, 0.1) is 0 Å². The highest BCUT2D eigenvalue weighted by molar-refractivity contribution is 7.86. The smallest absolute Gasteiger partial charge is 0.336 e. The highest BCUT2D eigenvalue weighted by Crippen LogP contribution is 2.38. The number of carbonyl (C=O) groups is 2. The number of aromatic nitrogens is 1. The number of carboxylic acids is 2. The second-order valence-electron chi connectivity index (χ2n) is 7.66. The third-order valence-electron chi connectivity index (χ3n) is 5.22. The summed E-state index contributed by atoms with van der Waals surface area (Å²) >= 11 is 0. The third kappa shape index (κ3) is 5.50. The Labute approximate surface area is 209 Å². The maximum absolute atomic E-state index is 11.8. The Kier molecular flexibility index (Phi) is 6.78. The van der Waals surface area contributed by atoms with E-state index in [1.807, 2.05) is 0 Å². The predicted octanol–water partition coefficient (Wildman–Crippen LogP) is 5.17. The second-order valence-corrected chi connectivity index (χ2v) is 9.05. The van der Waals surface area contributed by atoms with Crippen LogP contribution in [0.25, 0.3) is 23.1 Å². The van der Waals surface area contributed by atoms with Crippen LogP contribution in [0.2, 0.25) is 0 Å². The van der Waals surface area contributed by atoms with Crippen LogP contribution in [0.4, 0.5) is 11.4 Å². The lowest BCUT2D eigenvalue weighted by molar-refractivity contribution is 0.0686. The molecule has 0 bridgehead atoms. The maximum Gasteiger partial charge on any atom is 0.336 e. The average molecular weight is 519 g/mol. The van der Waals surface area contributed by atoms with Gasteiger partial charge in [-0.3, -0.25) is 9.54 Å². The molecule has 0 radical (unpaired) electrons. The van der Waals surface area contributed by atoms with Crippen molar-refractivity contribution in [2.45, 2.75) is 4.90 Å². The summed E-state index contributed by atoms with van der Waals surface area (Å²) in [6.07, 6.45) is 4.39. The van der Waals surface area contributed by atoms with Crippen LogP contribution >= 0.6 is 0 Å². The van der Waals surface area contributed by atoms with Crippen LogP contribution in [0.1, 0.15) is 31.8 Å². The largest absolute Gasteiger partial charge is 0.504 e. The van der Waals surface area contributed by atoms with Crippen molar-refractivity contribution >= 4 is 56.5 Å². The maximum atomic E-state index is 11.8. The number of phenolic OH excluding ortho intramolecular Hbond substituents is 1. The Morgan fingerprint density at radius 2 is 1.68 bits per heavy atom. The molecule has 0 saturated heterocycles. The van der Waals surface area contributed by atoms with Gasteiger partial charge in [-0.25, -0.2) is 9.59 Å². The van der Waals surface area contributed by atoms with E-state index in [0.29, 0.717) is 11.1 Å². The first-order valence-electron chi connectivity index (χ1n) is 10.4. The van der Waals surface area contributed by atoms with E-state index >= 15 is 0 Å². The molecule has 1 aromatic heterocycles. The third-order valence-corrected chi connectivity index (χ3v) is 6.11. The van der Waals surface area contributed by atoms with Gasteiger partial charge in [-0.1, -0.05) is 30.4 Å². The molecule has 4 N–H and O–H groups in total. The molecular weight excluding hydrogens is 502 g/mol. The Morgan fingerprint density at radius 1 is 0.892 bits per heavy atom. The van der Waals surface area contributed by atoms with Gasteiger partial charge in [0.1, 0.15) is 16.1 Å². The average Bonchev–Trinajstić information content (AvgIpc) is 2.86. The zero-order chi connectivity index (χ0) is 26.7. The van der Waals surface area contributed by atoms with Crippen molar-refractivity contribution in [3.05, 3.63) is 89.1 Å². The molecule has 0 aliphatic carbocycles. The monoisotopic (exact) mass is 519 g/mol. The van der Waals surface area contributed by atoms with Gasteiger partial charge >= 0.3 is 11.9 Å².